The molecule has 1 amide bonds. The number of carbonyl (C=O) groups excluding carboxylic acids is 1. The number of aliphatic hydroxyl groups is 1. The third-order valence-electron chi connectivity index (χ3n) is 4.26. The lowest BCUT2D eigenvalue weighted by molar-refractivity contribution is -0.123. The molecule has 0 saturated carbocycles. The number of anilines is 1. The third kappa shape index (κ3) is 3.85. The fourth-order valence-corrected chi connectivity index (χ4v) is 2.88. The van der Waals surface area contributed by atoms with E-state index in [2.05, 4.69) is 11.0 Å². The van der Waals surface area contributed by atoms with Gasteiger partial charge < -0.3 is 10.0 Å². The van der Waals surface area contributed by atoms with Gasteiger partial charge in [0.15, 0.2) is 0 Å². The van der Waals surface area contributed by atoms with Gasteiger partial charge in [-0.2, -0.15) is 5.26 Å². The fraction of sp³-hybridized carbons (Fsp3) is 0.529. The Labute approximate surface area is 131 Å². The van der Waals surface area contributed by atoms with Gasteiger partial charge in [0.2, 0.25) is 5.91 Å². The van der Waals surface area contributed by atoms with Gasteiger partial charge in [0.25, 0.3) is 0 Å². The maximum absolute atomic E-state index is 12.8. The van der Waals surface area contributed by atoms with Crippen molar-refractivity contribution in [1.82, 2.24) is 4.90 Å². The third-order valence-corrected chi connectivity index (χ3v) is 4.26. The second kappa shape index (κ2) is 7.92. The highest BCUT2D eigenvalue weighted by Crippen LogP contribution is 2.21. The van der Waals surface area contributed by atoms with Crippen LogP contribution in [0.2, 0.25) is 0 Å². The van der Waals surface area contributed by atoms with E-state index in [4.69, 9.17) is 5.26 Å². The van der Waals surface area contributed by atoms with Crippen molar-refractivity contribution in [2.24, 2.45) is 5.92 Å². The van der Waals surface area contributed by atoms with E-state index in [0.717, 1.165) is 25.2 Å². The summed E-state index contributed by atoms with van der Waals surface area (Å²) in [6.07, 6.45) is 1.24. The number of nitrogens with zero attached hydrogens (tertiary/aromatic N) is 3. The zero-order chi connectivity index (χ0) is 15.9. The van der Waals surface area contributed by atoms with Crippen molar-refractivity contribution in [2.45, 2.75) is 25.8 Å². The minimum Gasteiger partial charge on any atom is -0.396 e. The van der Waals surface area contributed by atoms with E-state index >= 15 is 0 Å². The topological polar surface area (TPSA) is 67.6 Å². The predicted octanol–water partition coefficient (Wildman–Crippen LogP) is 1.64. The monoisotopic (exact) mass is 301 g/mol. The van der Waals surface area contributed by atoms with Gasteiger partial charge in [-0.05, 0) is 37.9 Å². The summed E-state index contributed by atoms with van der Waals surface area (Å²) >= 11 is 0. The van der Waals surface area contributed by atoms with Crippen molar-refractivity contribution in [1.29, 1.82) is 5.26 Å². The summed E-state index contributed by atoms with van der Waals surface area (Å²) in [4.78, 5) is 16.7. The molecule has 2 rings (SSSR count). The van der Waals surface area contributed by atoms with Crippen LogP contribution in [0.15, 0.2) is 30.3 Å². The molecule has 0 aromatic heterocycles. The van der Waals surface area contributed by atoms with Gasteiger partial charge in [-0.3, -0.25) is 9.69 Å². The molecule has 1 aliphatic heterocycles. The number of aliphatic hydroxyl groups excluding tert-OH is 1. The highest BCUT2D eigenvalue weighted by atomic mass is 16.3. The maximum Gasteiger partial charge on any atom is 0.244 e. The van der Waals surface area contributed by atoms with Crippen LogP contribution >= 0.6 is 0 Å². The molecular formula is C17H23N3O2. The first-order valence-corrected chi connectivity index (χ1v) is 7.75. The normalized spacial score (nSPS) is 19.6. The summed E-state index contributed by atoms with van der Waals surface area (Å²) in [5.74, 6) is 0.277. The minimum atomic E-state index is -0.240. The molecule has 0 bridgehead atoms. The molecule has 5 heteroatoms. The maximum atomic E-state index is 12.8. The average Bonchev–Trinajstić information content (AvgIpc) is 3.04. The Morgan fingerprint density at radius 2 is 2.23 bits per heavy atom. The van der Waals surface area contributed by atoms with Crippen LogP contribution < -0.4 is 4.90 Å². The lowest BCUT2D eigenvalue weighted by Gasteiger charge is -2.30. The minimum absolute atomic E-state index is 0.0139. The summed E-state index contributed by atoms with van der Waals surface area (Å²) in [6, 6.07) is 11.3. The van der Waals surface area contributed by atoms with Gasteiger partial charge in [-0.15, -0.1) is 0 Å². The molecule has 0 radical (unpaired) electrons. The SMILES string of the molecule is CC(C(=O)N(CCC#N)c1ccccc1)N1CCC(CO)C1. The molecular weight excluding hydrogens is 278 g/mol. The van der Waals surface area contributed by atoms with Crippen molar-refractivity contribution in [3.05, 3.63) is 30.3 Å². The van der Waals surface area contributed by atoms with Crippen molar-refractivity contribution in [3.8, 4) is 6.07 Å². The Kier molecular flexibility index (Phi) is 5.93. The van der Waals surface area contributed by atoms with Crippen LogP contribution in [0.25, 0.3) is 0 Å². The number of hydrogen-bond acceptors (Lipinski definition) is 4. The first-order chi connectivity index (χ1) is 10.7. The van der Waals surface area contributed by atoms with Gasteiger partial charge >= 0.3 is 0 Å². The largest absolute Gasteiger partial charge is 0.396 e. The second-order valence-electron chi connectivity index (χ2n) is 5.74. The zero-order valence-corrected chi connectivity index (χ0v) is 13.0. The van der Waals surface area contributed by atoms with Crippen molar-refractivity contribution < 1.29 is 9.90 Å². The average molecular weight is 301 g/mol. The quantitative estimate of drug-likeness (QED) is 0.867. The standard InChI is InChI=1S/C17H23N3O2/c1-14(19-11-8-15(12-19)13-21)17(22)20(10-5-9-18)16-6-3-2-4-7-16/h2-4,6-7,14-15,21H,5,8,10-13H2,1H3. The number of carbonyl (C=O) groups is 1. The van der Waals surface area contributed by atoms with Gasteiger partial charge in [0, 0.05) is 25.4 Å². The number of para-hydroxylation sites is 1. The Morgan fingerprint density at radius 3 is 2.82 bits per heavy atom. The fourth-order valence-electron chi connectivity index (χ4n) is 2.88. The van der Waals surface area contributed by atoms with E-state index < -0.39 is 0 Å². The van der Waals surface area contributed by atoms with Gasteiger partial charge in [0.1, 0.15) is 0 Å². The van der Waals surface area contributed by atoms with Crippen LogP contribution in [0, 0.1) is 17.2 Å². The predicted molar refractivity (Wildman–Crippen MR) is 85.3 cm³/mol. The molecule has 5 nitrogen and oxygen atoms in total. The lowest BCUT2D eigenvalue weighted by Crippen LogP contribution is -2.47. The van der Waals surface area contributed by atoms with Crippen molar-refractivity contribution >= 4 is 11.6 Å². The first kappa shape index (κ1) is 16.5. The number of nitriles is 1. The lowest BCUT2D eigenvalue weighted by atomic mass is 10.1. The van der Waals surface area contributed by atoms with Crippen LogP contribution in [-0.2, 0) is 4.79 Å². The molecule has 0 spiro atoms. The zero-order valence-electron chi connectivity index (χ0n) is 13.0. The summed E-state index contributed by atoms with van der Waals surface area (Å²) in [5.41, 5.74) is 0.826. The van der Waals surface area contributed by atoms with Crippen LogP contribution in [0.4, 0.5) is 5.69 Å². The Hall–Kier alpha value is -1.90. The summed E-state index contributed by atoms with van der Waals surface area (Å²) in [7, 11) is 0. The molecule has 1 fully saturated rings. The number of amides is 1. The van der Waals surface area contributed by atoms with Gasteiger partial charge in [0.05, 0.1) is 18.5 Å². The van der Waals surface area contributed by atoms with Crippen molar-refractivity contribution in [2.75, 3.05) is 31.1 Å². The Bertz CT molecular complexity index is 526. The highest BCUT2D eigenvalue weighted by molar-refractivity contribution is 5.97. The van der Waals surface area contributed by atoms with Crippen molar-refractivity contribution in [3.63, 3.8) is 0 Å². The first-order valence-electron chi connectivity index (χ1n) is 7.75. The molecule has 1 aromatic rings. The summed E-state index contributed by atoms with van der Waals surface area (Å²) in [6.45, 7) is 4.07. The van der Waals surface area contributed by atoms with Crippen LogP contribution in [-0.4, -0.2) is 48.2 Å². The van der Waals surface area contributed by atoms with E-state index in [1.165, 1.54) is 0 Å². The van der Waals surface area contributed by atoms with Crippen LogP contribution in [0.1, 0.15) is 19.8 Å². The number of benzene rings is 1. The molecule has 1 aromatic carbocycles. The summed E-state index contributed by atoms with van der Waals surface area (Å²) < 4.78 is 0. The molecule has 1 N–H and O–H groups in total. The van der Waals surface area contributed by atoms with E-state index in [-0.39, 0.29) is 24.5 Å². The number of rotatable bonds is 6. The van der Waals surface area contributed by atoms with Gasteiger partial charge in [-0.1, -0.05) is 18.2 Å². The molecule has 1 heterocycles. The molecule has 2 atom stereocenters. The number of likely N-dealkylation sites (tertiary alicyclic amines) is 1. The second-order valence-corrected chi connectivity index (χ2v) is 5.74. The molecule has 22 heavy (non-hydrogen) atoms. The van der Waals surface area contributed by atoms with E-state index in [0.29, 0.717) is 13.0 Å². The molecule has 1 aliphatic rings. The van der Waals surface area contributed by atoms with E-state index in [1.54, 1.807) is 4.90 Å². The van der Waals surface area contributed by atoms with E-state index in [1.807, 2.05) is 37.3 Å². The Balaban J connectivity index is 2.10. The van der Waals surface area contributed by atoms with Crippen LogP contribution in [0.5, 0.6) is 0 Å². The molecule has 2 unspecified atom stereocenters. The Morgan fingerprint density at radius 1 is 1.50 bits per heavy atom. The molecule has 118 valence electrons. The molecule has 0 aliphatic carbocycles. The van der Waals surface area contributed by atoms with Gasteiger partial charge in [-0.25, -0.2) is 0 Å². The smallest absolute Gasteiger partial charge is 0.244 e. The molecule has 1 saturated heterocycles. The highest BCUT2D eigenvalue weighted by Gasteiger charge is 2.31. The summed E-state index contributed by atoms with van der Waals surface area (Å²) in [5, 5.41) is 18.1. The number of hydrogen-bond donors (Lipinski definition) is 1. The van der Waals surface area contributed by atoms with Crippen LogP contribution in [0.3, 0.4) is 0 Å². The van der Waals surface area contributed by atoms with E-state index in [9.17, 15) is 9.90 Å².